The molecule has 0 aliphatic heterocycles. The molecule has 2 rings (SSSR count). The fourth-order valence-electron chi connectivity index (χ4n) is 2.65. The first-order valence-corrected chi connectivity index (χ1v) is 8.64. The molecule has 0 radical (unpaired) electrons. The van der Waals surface area contributed by atoms with Gasteiger partial charge >= 0.3 is 0 Å². The summed E-state index contributed by atoms with van der Waals surface area (Å²) in [6, 6.07) is 10.2. The molecule has 2 aromatic carbocycles. The maximum Gasteiger partial charge on any atom is 0.170 e. The zero-order valence-corrected chi connectivity index (χ0v) is 16.1. The quantitative estimate of drug-likeness (QED) is 0.748. The summed E-state index contributed by atoms with van der Waals surface area (Å²) in [6.45, 7) is 6.83. The number of thiocarbonyl (C=S) groups is 1. The number of anilines is 1. The van der Waals surface area contributed by atoms with Crippen LogP contribution in [0.15, 0.2) is 30.3 Å². The maximum atomic E-state index is 6.30. The number of methoxy groups -OCH3 is 1. The molecule has 0 unspecified atom stereocenters. The van der Waals surface area contributed by atoms with Crippen molar-refractivity contribution in [2.24, 2.45) is 0 Å². The Bertz CT molecular complexity index is 723. The fourth-order valence-corrected chi connectivity index (χ4v) is 3.22. The molecule has 128 valence electrons. The Labute approximate surface area is 154 Å². The summed E-state index contributed by atoms with van der Waals surface area (Å²) in [7, 11) is 1.69. The Balaban J connectivity index is 1.94. The monoisotopic (exact) mass is 362 g/mol. The van der Waals surface area contributed by atoms with Gasteiger partial charge in [0.15, 0.2) is 5.11 Å². The van der Waals surface area contributed by atoms with Crippen molar-refractivity contribution in [2.75, 3.05) is 19.0 Å². The van der Waals surface area contributed by atoms with Gasteiger partial charge in [0, 0.05) is 6.54 Å². The Kier molecular flexibility index (Phi) is 6.46. The molecule has 2 aromatic rings. The van der Waals surface area contributed by atoms with Crippen LogP contribution in [0.3, 0.4) is 0 Å². The maximum absolute atomic E-state index is 6.30. The number of ether oxygens (including phenoxy) is 1. The van der Waals surface area contributed by atoms with E-state index in [0.29, 0.717) is 16.7 Å². The van der Waals surface area contributed by atoms with Gasteiger partial charge in [-0.1, -0.05) is 35.4 Å². The average Bonchev–Trinajstić information content (AvgIpc) is 2.51. The van der Waals surface area contributed by atoms with Crippen molar-refractivity contribution in [3.8, 4) is 5.75 Å². The van der Waals surface area contributed by atoms with E-state index >= 15 is 0 Å². The van der Waals surface area contributed by atoms with Gasteiger partial charge in [0.2, 0.25) is 0 Å². The van der Waals surface area contributed by atoms with E-state index in [0.717, 1.165) is 34.5 Å². The summed E-state index contributed by atoms with van der Waals surface area (Å²) in [6.07, 6.45) is 0.827. The van der Waals surface area contributed by atoms with Crippen molar-refractivity contribution in [2.45, 2.75) is 27.2 Å². The second kappa shape index (κ2) is 8.36. The van der Waals surface area contributed by atoms with Gasteiger partial charge in [0.05, 0.1) is 17.8 Å². The van der Waals surface area contributed by atoms with Crippen LogP contribution >= 0.6 is 23.8 Å². The molecule has 5 heteroatoms. The summed E-state index contributed by atoms with van der Waals surface area (Å²) in [5.74, 6) is 0.902. The molecule has 0 aromatic heterocycles. The molecule has 0 atom stereocenters. The molecule has 0 fully saturated rings. The Morgan fingerprint density at radius 1 is 1.12 bits per heavy atom. The van der Waals surface area contributed by atoms with Crippen LogP contribution in [0.25, 0.3) is 0 Å². The smallest absolute Gasteiger partial charge is 0.170 e. The molecule has 0 spiro atoms. The van der Waals surface area contributed by atoms with Crippen molar-refractivity contribution >= 4 is 34.6 Å². The zero-order chi connectivity index (χ0) is 17.7. The third-order valence-corrected chi connectivity index (χ3v) is 4.33. The minimum atomic E-state index is 0.565. The van der Waals surface area contributed by atoms with Crippen molar-refractivity contribution in [1.82, 2.24) is 5.32 Å². The number of nitrogens with one attached hydrogen (secondary N) is 2. The predicted molar refractivity (Wildman–Crippen MR) is 107 cm³/mol. The van der Waals surface area contributed by atoms with Crippen LogP contribution in [-0.4, -0.2) is 18.8 Å². The first kappa shape index (κ1) is 18.6. The van der Waals surface area contributed by atoms with E-state index in [1.54, 1.807) is 7.11 Å². The fraction of sp³-hybridized carbons (Fsp3) is 0.316. The molecule has 0 aliphatic rings. The summed E-state index contributed by atoms with van der Waals surface area (Å²) < 4.78 is 5.40. The van der Waals surface area contributed by atoms with Crippen LogP contribution in [0.2, 0.25) is 5.02 Å². The molecular formula is C19H23ClN2OS. The summed E-state index contributed by atoms with van der Waals surface area (Å²) in [4.78, 5) is 0. The second-order valence-corrected chi connectivity index (χ2v) is 6.70. The number of rotatable bonds is 5. The van der Waals surface area contributed by atoms with E-state index < -0.39 is 0 Å². The molecule has 0 aliphatic carbocycles. The van der Waals surface area contributed by atoms with Crippen LogP contribution in [0.5, 0.6) is 5.75 Å². The second-order valence-electron chi connectivity index (χ2n) is 5.88. The van der Waals surface area contributed by atoms with Gasteiger partial charge in [-0.3, -0.25) is 0 Å². The largest absolute Gasteiger partial charge is 0.496 e. The lowest BCUT2D eigenvalue weighted by atomic mass is 10.1. The van der Waals surface area contributed by atoms with Gasteiger partial charge in [-0.15, -0.1) is 0 Å². The van der Waals surface area contributed by atoms with Gasteiger partial charge in [-0.25, -0.2) is 0 Å². The van der Waals surface area contributed by atoms with E-state index in [1.807, 2.05) is 32.0 Å². The highest BCUT2D eigenvalue weighted by Crippen LogP contribution is 2.27. The molecule has 0 saturated carbocycles. The van der Waals surface area contributed by atoms with Gasteiger partial charge in [-0.05, 0) is 68.2 Å². The average molecular weight is 363 g/mol. The van der Waals surface area contributed by atoms with Crippen LogP contribution in [0, 0.1) is 20.8 Å². The highest BCUT2D eigenvalue weighted by Gasteiger charge is 2.08. The lowest BCUT2D eigenvalue weighted by Crippen LogP contribution is -2.30. The predicted octanol–water partition coefficient (Wildman–Crippen LogP) is 4.80. The normalized spacial score (nSPS) is 10.4. The zero-order valence-electron chi connectivity index (χ0n) is 14.5. The van der Waals surface area contributed by atoms with Crippen molar-refractivity contribution in [3.63, 3.8) is 0 Å². The third kappa shape index (κ3) is 4.86. The first-order chi connectivity index (χ1) is 11.4. The first-order valence-electron chi connectivity index (χ1n) is 7.86. The highest BCUT2D eigenvalue weighted by molar-refractivity contribution is 7.80. The van der Waals surface area contributed by atoms with E-state index in [9.17, 15) is 0 Å². The van der Waals surface area contributed by atoms with Gasteiger partial charge < -0.3 is 15.4 Å². The summed E-state index contributed by atoms with van der Waals surface area (Å²) in [5.41, 5.74) is 5.44. The highest BCUT2D eigenvalue weighted by atomic mass is 35.5. The van der Waals surface area contributed by atoms with Crippen molar-refractivity contribution in [1.29, 1.82) is 0 Å². The number of aryl methyl sites for hydroxylation is 3. The molecule has 3 nitrogen and oxygen atoms in total. The van der Waals surface area contributed by atoms with Crippen molar-refractivity contribution < 1.29 is 4.74 Å². The number of halogens is 1. The van der Waals surface area contributed by atoms with Gasteiger partial charge in [0.1, 0.15) is 5.75 Å². The number of hydrogen-bond acceptors (Lipinski definition) is 2. The summed E-state index contributed by atoms with van der Waals surface area (Å²) >= 11 is 11.7. The molecule has 0 saturated heterocycles. The lowest BCUT2D eigenvalue weighted by Gasteiger charge is -2.15. The lowest BCUT2D eigenvalue weighted by molar-refractivity contribution is 0.409. The van der Waals surface area contributed by atoms with E-state index in [-0.39, 0.29) is 0 Å². The van der Waals surface area contributed by atoms with Crippen LogP contribution in [-0.2, 0) is 6.42 Å². The topological polar surface area (TPSA) is 33.3 Å². The van der Waals surface area contributed by atoms with Crippen LogP contribution in [0.4, 0.5) is 5.69 Å². The van der Waals surface area contributed by atoms with E-state index in [1.165, 1.54) is 5.56 Å². The summed E-state index contributed by atoms with van der Waals surface area (Å²) in [5, 5.41) is 7.66. The number of benzene rings is 2. The van der Waals surface area contributed by atoms with Crippen molar-refractivity contribution in [3.05, 3.63) is 57.6 Å². The molecule has 24 heavy (non-hydrogen) atoms. The molecule has 2 N–H and O–H groups in total. The van der Waals surface area contributed by atoms with Gasteiger partial charge in [-0.2, -0.15) is 0 Å². The van der Waals surface area contributed by atoms with E-state index in [4.69, 9.17) is 28.6 Å². The number of hydrogen-bond donors (Lipinski definition) is 2. The molecule has 0 bridgehead atoms. The molecule has 0 amide bonds. The Hall–Kier alpha value is -1.78. The standard InChI is InChI=1S/C19H23ClN2OS/c1-12-5-6-17(23-4)15(10-12)7-8-21-19(24)22-18-14(3)9-13(2)11-16(18)20/h5-6,9-11H,7-8H2,1-4H3,(H2,21,22,24). The Morgan fingerprint density at radius 3 is 2.54 bits per heavy atom. The van der Waals surface area contributed by atoms with Crippen LogP contribution in [0.1, 0.15) is 22.3 Å². The van der Waals surface area contributed by atoms with E-state index in [2.05, 4.69) is 29.7 Å². The van der Waals surface area contributed by atoms with Gasteiger partial charge in [0.25, 0.3) is 0 Å². The Morgan fingerprint density at radius 2 is 1.88 bits per heavy atom. The SMILES string of the molecule is COc1ccc(C)cc1CCNC(=S)Nc1c(C)cc(C)cc1Cl. The minimum absolute atomic E-state index is 0.565. The molecular weight excluding hydrogens is 340 g/mol. The minimum Gasteiger partial charge on any atom is -0.496 e. The third-order valence-electron chi connectivity index (χ3n) is 3.79. The van der Waals surface area contributed by atoms with Crippen LogP contribution < -0.4 is 15.4 Å². The molecule has 0 heterocycles.